The van der Waals surface area contributed by atoms with Crippen LogP contribution in [0.5, 0.6) is 0 Å². The first-order valence-electron chi connectivity index (χ1n) is 10.2. The second kappa shape index (κ2) is 8.07. The van der Waals surface area contributed by atoms with Gasteiger partial charge in [0.15, 0.2) is 10.8 Å². The first-order valence-corrected chi connectivity index (χ1v) is 11.2. The van der Waals surface area contributed by atoms with Crippen molar-refractivity contribution in [1.82, 2.24) is 24.1 Å². The van der Waals surface area contributed by atoms with E-state index in [1.807, 2.05) is 50.2 Å². The number of rotatable bonds is 4. The highest BCUT2D eigenvalue weighted by Crippen LogP contribution is 2.25. The summed E-state index contributed by atoms with van der Waals surface area (Å²) in [5, 5.41) is 13.0. The molecular weight excluding hydrogens is 436 g/mol. The zero-order valence-corrected chi connectivity index (χ0v) is 18.7. The number of nitrogens with zero attached hydrogens (tertiary/aromatic N) is 5. The Labute approximate surface area is 192 Å². The lowest BCUT2D eigenvalue weighted by Gasteiger charge is -2.14. The molecule has 0 aliphatic heterocycles. The Morgan fingerprint density at radius 1 is 1.06 bits per heavy atom. The molecule has 0 saturated heterocycles. The van der Waals surface area contributed by atoms with E-state index >= 15 is 0 Å². The zero-order chi connectivity index (χ0) is 23.1. The van der Waals surface area contributed by atoms with Crippen LogP contribution in [0.1, 0.15) is 22.4 Å². The van der Waals surface area contributed by atoms with E-state index in [1.165, 1.54) is 28.5 Å². The summed E-state index contributed by atoms with van der Waals surface area (Å²) in [4.78, 5) is 35.1. The Kier molecular flexibility index (Phi) is 5.07. The number of nitriles is 1. The topological polar surface area (TPSA) is 109 Å². The molecule has 0 unspecified atom stereocenters. The van der Waals surface area contributed by atoms with Crippen LogP contribution in [0.4, 0.5) is 0 Å². The van der Waals surface area contributed by atoms with Crippen LogP contribution in [0.2, 0.25) is 0 Å². The van der Waals surface area contributed by atoms with Gasteiger partial charge in [-0.3, -0.25) is 19.3 Å². The van der Waals surface area contributed by atoms with Gasteiger partial charge in [0.1, 0.15) is 11.6 Å². The Morgan fingerprint density at radius 3 is 2.67 bits per heavy atom. The zero-order valence-electron chi connectivity index (χ0n) is 17.9. The van der Waals surface area contributed by atoms with Crippen molar-refractivity contribution in [2.45, 2.75) is 24.8 Å². The van der Waals surface area contributed by atoms with Gasteiger partial charge in [-0.25, -0.2) is 14.5 Å². The van der Waals surface area contributed by atoms with E-state index in [4.69, 9.17) is 4.98 Å². The fourth-order valence-electron chi connectivity index (χ4n) is 3.63. The standard InChI is InChI=1S/C24H18N6O2S/c1-14-7-8-18(9-15(14)2)29-23(32)19-5-3-4-6-20(19)28-24(29)33-13-17-10-21(31)30-22(27-17)16(11-25)12-26-30/h3-10,12,26H,13H2,1-2H3. The number of fused-ring (bicyclic) bond motifs is 2. The molecule has 2 aromatic carbocycles. The van der Waals surface area contributed by atoms with Gasteiger partial charge in [-0.2, -0.15) is 5.26 Å². The van der Waals surface area contributed by atoms with Gasteiger partial charge in [-0.05, 0) is 49.2 Å². The maximum Gasteiger partial charge on any atom is 0.272 e. The van der Waals surface area contributed by atoms with Crippen LogP contribution in [0.15, 0.2) is 69.5 Å². The van der Waals surface area contributed by atoms with Crippen LogP contribution in [-0.2, 0) is 5.75 Å². The van der Waals surface area contributed by atoms with Crippen molar-refractivity contribution in [2.24, 2.45) is 0 Å². The molecule has 8 nitrogen and oxygen atoms in total. The smallest absolute Gasteiger partial charge is 0.272 e. The van der Waals surface area contributed by atoms with Gasteiger partial charge in [0.25, 0.3) is 11.1 Å². The predicted octanol–water partition coefficient (Wildman–Crippen LogP) is 3.50. The van der Waals surface area contributed by atoms with Gasteiger partial charge in [-0.1, -0.05) is 30.0 Å². The molecule has 0 bridgehead atoms. The summed E-state index contributed by atoms with van der Waals surface area (Å²) < 4.78 is 2.83. The van der Waals surface area contributed by atoms with Gasteiger partial charge in [0.05, 0.1) is 22.3 Å². The van der Waals surface area contributed by atoms with Crippen molar-refractivity contribution in [3.8, 4) is 11.8 Å². The van der Waals surface area contributed by atoms with Crippen LogP contribution in [0.25, 0.3) is 22.2 Å². The van der Waals surface area contributed by atoms with E-state index < -0.39 is 0 Å². The van der Waals surface area contributed by atoms with Crippen LogP contribution in [0, 0.1) is 25.2 Å². The summed E-state index contributed by atoms with van der Waals surface area (Å²) in [5.74, 6) is 0.303. The third kappa shape index (κ3) is 3.60. The Morgan fingerprint density at radius 2 is 1.88 bits per heavy atom. The van der Waals surface area contributed by atoms with Gasteiger partial charge in [0.2, 0.25) is 0 Å². The molecule has 5 aromatic rings. The fraction of sp³-hybridized carbons (Fsp3) is 0.125. The molecule has 33 heavy (non-hydrogen) atoms. The van der Waals surface area contributed by atoms with E-state index in [0.29, 0.717) is 27.5 Å². The third-order valence-electron chi connectivity index (χ3n) is 5.51. The first kappa shape index (κ1) is 20.7. The summed E-state index contributed by atoms with van der Waals surface area (Å²) >= 11 is 1.32. The summed E-state index contributed by atoms with van der Waals surface area (Å²) in [6.07, 6.45) is 1.45. The summed E-state index contributed by atoms with van der Waals surface area (Å²) in [6.45, 7) is 4.02. The molecule has 0 fully saturated rings. The Hall–Kier alpha value is -4.16. The minimum Gasteiger partial charge on any atom is -0.295 e. The highest BCUT2D eigenvalue weighted by Gasteiger charge is 2.15. The van der Waals surface area contributed by atoms with Gasteiger partial charge in [-0.15, -0.1) is 0 Å². The van der Waals surface area contributed by atoms with E-state index in [2.05, 4.69) is 10.1 Å². The number of H-pyrrole nitrogens is 1. The molecule has 0 atom stereocenters. The molecule has 9 heteroatoms. The average Bonchev–Trinajstić information content (AvgIpc) is 3.23. The van der Waals surface area contributed by atoms with E-state index in [-0.39, 0.29) is 22.3 Å². The lowest BCUT2D eigenvalue weighted by molar-refractivity contribution is 0.817. The Bertz CT molecular complexity index is 1710. The normalized spacial score (nSPS) is 11.2. The molecule has 5 rings (SSSR count). The van der Waals surface area contributed by atoms with Crippen molar-refractivity contribution < 1.29 is 0 Å². The molecule has 1 N–H and O–H groups in total. The number of nitrogens with one attached hydrogen (secondary N) is 1. The van der Waals surface area contributed by atoms with Crippen LogP contribution in [0.3, 0.4) is 0 Å². The van der Waals surface area contributed by atoms with Crippen LogP contribution < -0.4 is 11.1 Å². The molecule has 0 amide bonds. The Balaban J connectivity index is 1.63. The number of benzene rings is 2. The second-order valence-electron chi connectivity index (χ2n) is 7.65. The summed E-state index contributed by atoms with van der Waals surface area (Å²) in [6, 6.07) is 16.5. The van der Waals surface area contributed by atoms with Crippen molar-refractivity contribution in [3.63, 3.8) is 0 Å². The molecule has 0 saturated carbocycles. The van der Waals surface area contributed by atoms with Crippen LogP contribution >= 0.6 is 11.8 Å². The molecular formula is C24H18N6O2S. The van der Waals surface area contributed by atoms with Crippen molar-refractivity contribution >= 4 is 28.3 Å². The van der Waals surface area contributed by atoms with E-state index in [0.717, 1.165) is 16.8 Å². The number of thioether (sulfide) groups is 1. The number of aromatic nitrogens is 5. The lowest BCUT2D eigenvalue weighted by atomic mass is 10.1. The number of hydrogen-bond donors (Lipinski definition) is 1. The van der Waals surface area contributed by atoms with Gasteiger partial charge < -0.3 is 0 Å². The highest BCUT2D eigenvalue weighted by molar-refractivity contribution is 7.98. The number of aromatic amines is 1. The lowest BCUT2D eigenvalue weighted by Crippen LogP contribution is -2.22. The molecule has 0 aliphatic carbocycles. The minimum absolute atomic E-state index is 0.160. The van der Waals surface area contributed by atoms with Gasteiger partial charge in [0, 0.05) is 18.0 Å². The average molecular weight is 455 g/mol. The van der Waals surface area contributed by atoms with E-state index in [9.17, 15) is 14.9 Å². The SMILES string of the molecule is Cc1ccc(-n2c(SCc3cc(=O)n4[nH]cc(C#N)c4n3)nc3ccccc3c2=O)cc1C. The van der Waals surface area contributed by atoms with Crippen LogP contribution in [-0.4, -0.2) is 24.1 Å². The number of aryl methyl sites for hydroxylation is 2. The second-order valence-corrected chi connectivity index (χ2v) is 8.60. The summed E-state index contributed by atoms with van der Waals surface area (Å²) in [7, 11) is 0. The number of hydrogen-bond acceptors (Lipinski definition) is 6. The molecule has 3 heterocycles. The minimum atomic E-state index is -0.310. The first-order chi connectivity index (χ1) is 16.0. The molecule has 3 aromatic heterocycles. The monoisotopic (exact) mass is 454 g/mol. The number of para-hydroxylation sites is 1. The quantitative estimate of drug-likeness (QED) is 0.329. The van der Waals surface area contributed by atoms with Gasteiger partial charge >= 0.3 is 0 Å². The maximum absolute atomic E-state index is 13.4. The molecule has 0 spiro atoms. The van der Waals surface area contributed by atoms with Crippen molar-refractivity contribution in [3.05, 3.63) is 97.8 Å². The fourth-order valence-corrected chi connectivity index (χ4v) is 4.53. The van der Waals surface area contributed by atoms with Crippen molar-refractivity contribution in [1.29, 1.82) is 5.26 Å². The summed E-state index contributed by atoms with van der Waals surface area (Å²) in [5.41, 5.74) is 4.12. The van der Waals surface area contributed by atoms with E-state index in [1.54, 1.807) is 16.7 Å². The third-order valence-corrected chi connectivity index (χ3v) is 6.49. The van der Waals surface area contributed by atoms with Crippen molar-refractivity contribution in [2.75, 3.05) is 0 Å². The molecule has 0 aliphatic rings. The predicted molar refractivity (Wildman–Crippen MR) is 127 cm³/mol. The maximum atomic E-state index is 13.4. The highest BCUT2D eigenvalue weighted by atomic mass is 32.2. The molecule has 0 radical (unpaired) electrons. The molecule has 162 valence electrons. The largest absolute Gasteiger partial charge is 0.295 e.